The Kier molecular flexibility index (Phi) is 7.59. The predicted octanol–water partition coefficient (Wildman–Crippen LogP) is 1.39. The van der Waals surface area contributed by atoms with E-state index in [0.717, 1.165) is 68.9 Å². The van der Waals surface area contributed by atoms with Gasteiger partial charge in [-0.15, -0.1) is 10.2 Å². The van der Waals surface area contributed by atoms with Crippen LogP contribution in [0.1, 0.15) is 26.2 Å². The number of piperazine rings is 1. The molecule has 2 aromatic heterocycles. The van der Waals surface area contributed by atoms with Crippen LogP contribution >= 0.6 is 0 Å². The van der Waals surface area contributed by atoms with E-state index in [1.807, 2.05) is 17.0 Å². The van der Waals surface area contributed by atoms with Gasteiger partial charge >= 0.3 is 0 Å². The van der Waals surface area contributed by atoms with Crippen LogP contribution in [0.5, 0.6) is 0 Å². The Hall–Kier alpha value is -2.65. The predicted molar refractivity (Wildman–Crippen MR) is 124 cm³/mol. The van der Waals surface area contributed by atoms with Gasteiger partial charge in [0.25, 0.3) is 0 Å². The summed E-state index contributed by atoms with van der Waals surface area (Å²) in [4.78, 5) is 29.8. The zero-order valence-corrected chi connectivity index (χ0v) is 19.2. The van der Waals surface area contributed by atoms with Crippen LogP contribution in [0.25, 0.3) is 11.3 Å². The lowest BCUT2D eigenvalue weighted by Crippen LogP contribution is -2.51. The molecule has 0 radical (unpaired) electrons. The summed E-state index contributed by atoms with van der Waals surface area (Å²) >= 11 is 0. The summed E-state index contributed by atoms with van der Waals surface area (Å²) in [5.41, 5.74) is 1.62. The van der Waals surface area contributed by atoms with Gasteiger partial charge < -0.3 is 14.7 Å². The van der Waals surface area contributed by atoms with Crippen LogP contribution in [0.15, 0.2) is 30.9 Å². The quantitative estimate of drug-likeness (QED) is 0.581. The second-order valence-electron chi connectivity index (χ2n) is 8.71. The van der Waals surface area contributed by atoms with Crippen molar-refractivity contribution in [2.45, 2.75) is 32.2 Å². The summed E-state index contributed by atoms with van der Waals surface area (Å²) in [6, 6.07) is 4.67. The number of carbonyl (C=O) groups excluding carboxylic acids is 1. The molecular weight excluding hydrogens is 404 g/mol. The van der Waals surface area contributed by atoms with E-state index >= 15 is 0 Å². The summed E-state index contributed by atoms with van der Waals surface area (Å²) in [5.74, 6) is 1.10. The van der Waals surface area contributed by atoms with Gasteiger partial charge in [-0.3, -0.25) is 9.69 Å². The fraction of sp³-hybridized carbons (Fsp3) is 0.609. The van der Waals surface area contributed by atoms with Crippen LogP contribution in [0.4, 0.5) is 5.82 Å². The molecular formula is C23H34N8O. The lowest BCUT2D eigenvalue weighted by Gasteiger charge is -2.37. The van der Waals surface area contributed by atoms with Crippen molar-refractivity contribution in [1.82, 2.24) is 34.9 Å². The largest absolute Gasteiger partial charge is 0.353 e. The molecule has 0 bridgehead atoms. The number of aromatic nitrogens is 4. The first-order chi connectivity index (χ1) is 15.6. The maximum atomic E-state index is 12.9. The molecule has 0 spiro atoms. The molecule has 9 heteroatoms. The minimum absolute atomic E-state index is 0.234. The van der Waals surface area contributed by atoms with Gasteiger partial charge in [0.1, 0.15) is 6.33 Å². The average molecular weight is 439 g/mol. The van der Waals surface area contributed by atoms with Gasteiger partial charge in [0, 0.05) is 69.8 Å². The first kappa shape index (κ1) is 22.5. The molecule has 0 atom stereocenters. The highest BCUT2D eigenvalue weighted by atomic mass is 16.2. The van der Waals surface area contributed by atoms with E-state index < -0.39 is 0 Å². The first-order valence-electron chi connectivity index (χ1n) is 11.7. The molecule has 1 amide bonds. The molecule has 1 aliphatic heterocycles. The molecule has 4 rings (SSSR count). The molecule has 0 aromatic carbocycles. The number of hydrogen-bond donors (Lipinski definition) is 0. The Morgan fingerprint density at radius 2 is 1.81 bits per heavy atom. The van der Waals surface area contributed by atoms with E-state index in [0.29, 0.717) is 6.54 Å². The van der Waals surface area contributed by atoms with E-state index in [1.165, 1.54) is 25.6 Å². The van der Waals surface area contributed by atoms with Crippen molar-refractivity contribution in [3.63, 3.8) is 0 Å². The molecule has 9 nitrogen and oxygen atoms in total. The molecule has 2 aromatic rings. The van der Waals surface area contributed by atoms with Gasteiger partial charge in [0.15, 0.2) is 5.82 Å². The molecule has 0 unspecified atom stereocenters. The van der Waals surface area contributed by atoms with E-state index in [9.17, 15) is 4.79 Å². The molecule has 3 heterocycles. The lowest BCUT2D eigenvalue weighted by molar-refractivity contribution is -0.132. The van der Waals surface area contributed by atoms with E-state index in [4.69, 9.17) is 0 Å². The first-order valence-corrected chi connectivity index (χ1v) is 11.7. The highest BCUT2D eigenvalue weighted by Crippen LogP contribution is 2.23. The Balaban J connectivity index is 1.23. The monoisotopic (exact) mass is 438 g/mol. The van der Waals surface area contributed by atoms with Gasteiger partial charge in [0.05, 0.1) is 12.2 Å². The lowest BCUT2D eigenvalue weighted by atomic mass is 9.92. The standard InChI is InChI=1S/C23H34N8O/c1-3-30(12-9-28(2)20-5-4-6-20)23(32)17-29-10-13-31(14-11-29)22-8-7-21(26-27-22)19-15-24-18-25-16-19/h7-8,15-16,18,20H,3-6,9-14,17H2,1-2H3. The molecule has 32 heavy (non-hydrogen) atoms. The molecule has 1 aliphatic carbocycles. The SMILES string of the molecule is CCN(CCN(C)C1CCC1)C(=O)CN1CCN(c2ccc(-c3cncnc3)nn2)CC1. The van der Waals surface area contributed by atoms with Crippen LogP contribution in [0.2, 0.25) is 0 Å². The van der Waals surface area contributed by atoms with Crippen molar-refractivity contribution in [2.75, 3.05) is 64.3 Å². The molecule has 0 N–H and O–H groups in total. The van der Waals surface area contributed by atoms with Crippen molar-refractivity contribution < 1.29 is 4.79 Å². The van der Waals surface area contributed by atoms with Crippen LogP contribution in [-0.4, -0.2) is 106 Å². The fourth-order valence-electron chi connectivity index (χ4n) is 4.25. The van der Waals surface area contributed by atoms with Gasteiger partial charge in [0.2, 0.25) is 5.91 Å². The van der Waals surface area contributed by atoms with Crippen LogP contribution < -0.4 is 4.90 Å². The van der Waals surface area contributed by atoms with Gasteiger partial charge in [-0.05, 0) is 38.9 Å². The number of nitrogens with zero attached hydrogens (tertiary/aromatic N) is 8. The second-order valence-corrected chi connectivity index (χ2v) is 8.71. The van der Waals surface area contributed by atoms with Crippen molar-refractivity contribution in [3.05, 3.63) is 30.9 Å². The number of carbonyl (C=O) groups is 1. The fourth-order valence-corrected chi connectivity index (χ4v) is 4.25. The summed E-state index contributed by atoms with van der Waals surface area (Å²) in [5, 5.41) is 8.73. The summed E-state index contributed by atoms with van der Waals surface area (Å²) in [6.45, 7) is 8.49. The van der Waals surface area contributed by atoms with Crippen molar-refractivity contribution in [1.29, 1.82) is 0 Å². The molecule has 1 saturated heterocycles. The minimum Gasteiger partial charge on any atom is -0.353 e. The van der Waals surface area contributed by atoms with Crippen molar-refractivity contribution in [3.8, 4) is 11.3 Å². The zero-order valence-electron chi connectivity index (χ0n) is 19.2. The normalized spacial score (nSPS) is 17.4. The molecule has 2 fully saturated rings. The number of amides is 1. The highest BCUT2D eigenvalue weighted by Gasteiger charge is 2.24. The average Bonchev–Trinajstić information content (AvgIpc) is 2.79. The minimum atomic E-state index is 0.234. The van der Waals surface area contributed by atoms with Crippen LogP contribution in [0, 0.1) is 0 Å². The Labute approximate surface area is 190 Å². The third-order valence-electron chi connectivity index (χ3n) is 6.72. The van der Waals surface area contributed by atoms with Gasteiger partial charge in [-0.25, -0.2) is 9.97 Å². The number of hydrogen-bond acceptors (Lipinski definition) is 8. The smallest absolute Gasteiger partial charge is 0.236 e. The maximum Gasteiger partial charge on any atom is 0.236 e. The van der Waals surface area contributed by atoms with Crippen molar-refractivity contribution in [2.24, 2.45) is 0 Å². The van der Waals surface area contributed by atoms with Gasteiger partial charge in [-0.1, -0.05) is 6.42 Å². The second kappa shape index (κ2) is 10.8. The number of likely N-dealkylation sites (N-methyl/N-ethyl adjacent to an activating group) is 2. The van der Waals surface area contributed by atoms with E-state index in [2.05, 4.69) is 48.8 Å². The van der Waals surface area contributed by atoms with E-state index in [1.54, 1.807) is 12.4 Å². The molecule has 1 saturated carbocycles. The Morgan fingerprint density at radius 3 is 2.41 bits per heavy atom. The zero-order chi connectivity index (χ0) is 22.3. The van der Waals surface area contributed by atoms with Crippen molar-refractivity contribution >= 4 is 11.7 Å². The number of rotatable bonds is 9. The molecule has 172 valence electrons. The third-order valence-corrected chi connectivity index (χ3v) is 6.72. The number of anilines is 1. The van der Waals surface area contributed by atoms with Gasteiger partial charge in [-0.2, -0.15) is 0 Å². The summed E-state index contributed by atoms with van der Waals surface area (Å²) in [6.07, 6.45) is 8.91. The Bertz CT molecular complexity index is 850. The molecule has 2 aliphatic rings. The Morgan fingerprint density at radius 1 is 1.06 bits per heavy atom. The summed E-state index contributed by atoms with van der Waals surface area (Å²) < 4.78 is 0. The third kappa shape index (κ3) is 5.58. The van der Waals surface area contributed by atoms with Crippen LogP contribution in [-0.2, 0) is 4.79 Å². The maximum absolute atomic E-state index is 12.9. The highest BCUT2D eigenvalue weighted by molar-refractivity contribution is 5.78. The summed E-state index contributed by atoms with van der Waals surface area (Å²) in [7, 11) is 2.18. The topological polar surface area (TPSA) is 81.6 Å². The van der Waals surface area contributed by atoms with Crippen LogP contribution in [0.3, 0.4) is 0 Å². The van der Waals surface area contributed by atoms with E-state index in [-0.39, 0.29) is 5.91 Å².